The predicted octanol–water partition coefficient (Wildman–Crippen LogP) is 1.42. The van der Waals surface area contributed by atoms with E-state index < -0.39 is 5.97 Å². The van der Waals surface area contributed by atoms with Gasteiger partial charge in [-0.25, -0.2) is 4.79 Å². The first-order valence-corrected chi connectivity index (χ1v) is 5.94. The summed E-state index contributed by atoms with van der Waals surface area (Å²) in [6.45, 7) is 1.94. The summed E-state index contributed by atoms with van der Waals surface area (Å²) in [7, 11) is 1.79. The molecule has 0 aliphatic heterocycles. The number of aromatic nitrogens is 3. The highest BCUT2D eigenvalue weighted by atomic mass is 16.6. The Balaban J connectivity index is 2.07. The van der Waals surface area contributed by atoms with Gasteiger partial charge in [0.25, 0.3) is 0 Å². The van der Waals surface area contributed by atoms with Gasteiger partial charge in [0.1, 0.15) is 0 Å². The second-order valence-corrected chi connectivity index (χ2v) is 3.80. The van der Waals surface area contributed by atoms with Crippen LogP contribution in [0.1, 0.15) is 6.92 Å². The van der Waals surface area contributed by atoms with E-state index in [9.17, 15) is 4.79 Å². The lowest BCUT2D eigenvalue weighted by Crippen LogP contribution is -2.14. The van der Waals surface area contributed by atoms with Crippen LogP contribution in [0.15, 0.2) is 30.5 Å². The number of esters is 1. The molecule has 0 N–H and O–H groups in total. The Hall–Kier alpha value is -2.37. The fourth-order valence-corrected chi connectivity index (χ4v) is 1.60. The van der Waals surface area contributed by atoms with Crippen molar-refractivity contribution in [3.63, 3.8) is 0 Å². The molecule has 6 nitrogen and oxygen atoms in total. The van der Waals surface area contributed by atoms with Crippen molar-refractivity contribution in [1.82, 2.24) is 14.8 Å². The van der Waals surface area contributed by atoms with E-state index in [4.69, 9.17) is 9.47 Å². The molecule has 0 spiro atoms. The van der Waals surface area contributed by atoms with Crippen LogP contribution in [0.25, 0.3) is 11.4 Å². The predicted molar refractivity (Wildman–Crippen MR) is 68.6 cm³/mol. The maximum atomic E-state index is 11.2. The van der Waals surface area contributed by atoms with Gasteiger partial charge in [-0.3, -0.25) is 9.67 Å². The maximum absolute atomic E-state index is 11.2. The summed E-state index contributed by atoms with van der Waals surface area (Å²) in [5.74, 6) is -0.0382. The van der Waals surface area contributed by atoms with E-state index >= 15 is 0 Å². The van der Waals surface area contributed by atoms with Crippen LogP contribution in [0.4, 0.5) is 0 Å². The van der Waals surface area contributed by atoms with Crippen LogP contribution in [0.5, 0.6) is 5.88 Å². The molecule has 0 radical (unpaired) electrons. The lowest BCUT2D eigenvalue weighted by atomic mass is 10.3. The van der Waals surface area contributed by atoms with Gasteiger partial charge in [-0.15, -0.1) is 5.10 Å². The molecule has 0 fully saturated rings. The number of rotatable bonds is 5. The van der Waals surface area contributed by atoms with Gasteiger partial charge in [-0.05, 0) is 19.1 Å². The Morgan fingerprint density at radius 1 is 1.42 bits per heavy atom. The molecule has 0 saturated heterocycles. The highest BCUT2D eigenvalue weighted by Crippen LogP contribution is 2.20. The molecule has 0 aliphatic carbocycles. The number of ether oxygens (including phenoxy) is 2. The zero-order chi connectivity index (χ0) is 13.7. The number of carbonyl (C=O) groups is 1. The summed E-state index contributed by atoms with van der Waals surface area (Å²) >= 11 is 0. The van der Waals surface area contributed by atoms with Crippen LogP contribution in [0.2, 0.25) is 0 Å². The zero-order valence-electron chi connectivity index (χ0n) is 10.9. The van der Waals surface area contributed by atoms with Gasteiger partial charge in [0.2, 0.25) is 5.88 Å². The van der Waals surface area contributed by atoms with Crippen molar-refractivity contribution in [3.05, 3.63) is 30.5 Å². The van der Waals surface area contributed by atoms with Gasteiger partial charge in [0, 0.05) is 19.3 Å². The SMILES string of the molecule is CCOC(=O)COc1cc(-c2ccccn2)n(C)n1. The molecule has 2 rings (SSSR count). The summed E-state index contributed by atoms with van der Waals surface area (Å²) < 4.78 is 11.7. The molecule has 2 aromatic heterocycles. The normalized spacial score (nSPS) is 10.2. The van der Waals surface area contributed by atoms with E-state index in [0.29, 0.717) is 12.5 Å². The van der Waals surface area contributed by atoms with Crippen molar-refractivity contribution in [2.45, 2.75) is 6.92 Å². The lowest BCUT2D eigenvalue weighted by Gasteiger charge is -2.01. The largest absolute Gasteiger partial charge is 0.465 e. The molecular formula is C13H15N3O3. The Morgan fingerprint density at radius 3 is 2.95 bits per heavy atom. The van der Waals surface area contributed by atoms with E-state index in [2.05, 4.69) is 10.1 Å². The molecule has 2 heterocycles. The van der Waals surface area contributed by atoms with Gasteiger partial charge < -0.3 is 9.47 Å². The molecule has 0 bridgehead atoms. The molecule has 6 heteroatoms. The fraction of sp³-hybridized carbons (Fsp3) is 0.308. The first kappa shape index (κ1) is 13.1. The van der Waals surface area contributed by atoms with Crippen molar-refractivity contribution in [3.8, 4) is 17.3 Å². The Labute approximate surface area is 111 Å². The summed E-state index contributed by atoms with van der Waals surface area (Å²) in [6.07, 6.45) is 1.71. The Bertz CT molecular complexity index is 552. The highest BCUT2D eigenvalue weighted by Gasteiger charge is 2.10. The van der Waals surface area contributed by atoms with E-state index in [-0.39, 0.29) is 6.61 Å². The maximum Gasteiger partial charge on any atom is 0.344 e. The van der Waals surface area contributed by atoms with Gasteiger partial charge in [-0.1, -0.05) is 6.07 Å². The van der Waals surface area contributed by atoms with Gasteiger partial charge in [0.05, 0.1) is 18.0 Å². The van der Waals surface area contributed by atoms with Crippen molar-refractivity contribution >= 4 is 5.97 Å². The number of pyridine rings is 1. The molecule has 0 unspecified atom stereocenters. The third kappa shape index (κ3) is 3.31. The van der Waals surface area contributed by atoms with Crippen molar-refractivity contribution in [2.24, 2.45) is 7.05 Å². The van der Waals surface area contributed by atoms with Crippen LogP contribution >= 0.6 is 0 Å². The molecule has 0 aromatic carbocycles. The monoisotopic (exact) mass is 261 g/mol. The van der Waals surface area contributed by atoms with Gasteiger partial charge in [0.15, 0.2) is 6.61 Å². The number of aryl methyl sites for hydroxylation is 1. The third-order valence-corrected chi connectivity index (χ3v) is 2.43. The van der Waals surface area contributed by atoms with Crippen LogP contribution in [0.3, 0.4) is 0 Å². The van der Waals surface area contributed by atoms with Gasteiger partial charge in [-0.2, -0.15) is 0 Å². The first-order chi connectivity index (χ1) is 9.20. The second-order valence-electron chi connectivity index (χ2n) is 3.80. The van der Waals surface area contributed by atoms with E-state index in [1.54, 1.807) is 30.9 Å². The molecule has 19 heavy (non-hydrogen) atoms. The summed E-state index contributed by atoms with van der Waals surface area (Å²) in [5, 5.41) is 4.17. The second kappa shape index (κ2) is 5.99. The Morgan fingerprint density at radius 2 is 2.26 bits per heavy atom. The molecule has 0 aliphatic rings. The number of nitrogens with zero attached hydrogens (tertiary/aromatic N) is 3. The van der Waals surface area contributed by atoms with Crippen molar-refractivity contribution in [1.29, 1.82) is 0 Å². The van der Waals surface area contributed by atoms with Crippen LogP contribution in [-0.2, 0) is 16.6 Å². The average molecular weight is 261 g/mol. The van der Waals surface area contributed by atoms with Crippen molar-refractivity contribution in [2.75, 3.05) is 13.2 Å². The van der Waals surface area contributed by atoms with E-state index in [1.165, 1.54) is 0 Å². The Kier molecular flexibility index (Phi) is 4.12. The summed E-state index contributed by atoms with van der Waals surface area (Å²) in [6, 6.07) is 7.36. The molecular weight excluding hydrogens is 246 g/mol. The molecule has 100 valence electrons. The smallest absolute Gasteiger partial charge is 0.344 e. The standard InChI is InChI=1S/C13H15N3O3/c1-3-18-13(17)9-19-12-8-11(16(2)15-12)10-6-4-5-7-14-10/h4-8H,3,9H2,1-2H3. The van der Waals surface area contributed by atoms with Crippen molar-refractivity contribution < 1.29 is 14.3 Å². The quantitative estimate of drug-likeness (QED) is 0.762. The van der Waals surface area contributed by atoms with Gasteiger partial charge >= 0.3 is 5.97 Å². The lowest BCUT2D eigenvalue weighted by molar-refractivity contribution is -0.145. The van der Waals surface area contributed by atoms with Crippen LogP contribution < -0.4 is 4.74 Å². The molecule has 0 saturated carbocycles. The average Bonchev–Trinajstić information content (AvgIpc) is 2.79. The molecule has 0 amide bonds. The summed E-state index contributed by atoms with van der Waals surface area (Å²) in [5.41, 5.74) is 1.61. The first-order valence-electron chi connectivity index (χ1n) is 5.94. The summed E-state index contributed by atoms with van der Waals surface area (Å²) in [4.78, 5) is 15.4. The highest BCUT2D eigenvalue weighted by molar-refractivity contribution is 5.71. The minimum atomic E-state index is -0.410. The van der Waals surface area contributed by atoms with Crippen LogP contribution in [-0.4, -0.2) is 33.9 Å². The van der Waals surface area contributed by atoms with E-state index in [1.807, 2.05) is 18.2 Å². The third-order valence-electron chi connectivity index (χ3n) is 2.43. The minimum absolute atomic E-state index is 0.146. The topological polar surface area (TPSA) is 66.2 Å². The minimum Gasteiger partial charge on any atom is -0.465 e. The number of carbonyl (C=O) groups excluding carboxylic acids is 1. The zero-order valence-corrected chi connectivity index (χ0v) is 10.9. The van der Waals surface area contributed by atoms with Crippen LogP contribution in [0, 0.1) is 0 Å². The number of hydrogen-bond donors (Lipinski definition) is 0. The van der Waals surface area contributed by atoms with E-state index in [0.717, 1.165) is 11.4 Å². The number of hydrogen-bond acceptors (Lipinski definition) is 5. The fourth-order valence-electron chi connectivity index (χ4n) is 1.60. The molecule has 0 atom stereocenters. The molecule has 2 aromatic rings.